The number of thioether (sulfide) groups is 1. The first-order valence-corrected chi connectivity index (χ1v) is 8.91. The number of carbonyl (C=O) groups excluding carboxylic acids is 1. The first kappa shape index (κ1) is 17.2. The molecule has 0 spiro atoms. The van der Waals surface area contributed by atoms with E-state index in [4.69, 9.17) is 4.42 Å². The number of carbonyl (C=O) groups is 1. The van der Waals surface area contributed by atoms with Gasteiger partial charge in [0, 0.05) is 19.2 Å². The van der Waals surface area contributed by atoms with Crippen molar-refractivity contribution in [3.05, 3.63) is 65.7 Å². The smallest absolute Gasteiger partial charge is 0.277 e. The molecule has 0 saturated heterocycles. The molecule has 6 heteroatoms. The summed E-state index contributed by atoms with van der Waals surface area (Å²) in [4.78, 5) is 13.9. The van der Waals surface area contributed by atoms with Crippen LogP contribution in [0.15, 0.2) is 64.2 Å². The lowest BCUT2D eigenvalue weighted by atomic mass is 10.1. The van der Waals surface area contributed by atoms with Crippen LogP contribution in [-0.4, -0.2) is 33.8 Å². The van der Waals surface area contributed by atoms with E-state index in [1.165, 1.54) is 17.3 Å². The van der Waals surface area contributed by atoms with E-state index in [1.807, 2.05) is 61.5 Å². The molecule has 1 amide bonds. The van der Waals surface area contributed by atoms with Gasteiger partial charge in [0.05, 0.1) is 5.75 Å². The van der Waals surface area contributed by atoms with E-state index in [1.54, 1.807) is 11.9 Å². The third kappa shape index (κ3) is 4.70. The van der Waals surface area contributed by atoms with Crippen LogP contribution in [0, 0.1) is 6.92 Å². The molecular formula is C19H19N3O2S. The Morgan fingerprint density at radius 2 is 1.80 bits per heavy atom. The van der Waals surface area contributed by atoms with Crippen molar-refractivity contribution in [1.29, 1.82) is 0 Å². The SMILES string of the molecule is Cc1ccc(-c2nnc(SCC(=O)N(C)Cc3ccccc3)o2)cc1. The van der Waals surface area contributed by atoms with E-state index in [9.17, 15) is 4.79 Å². The largest absolute Gasteiger partial charge is 0.411 e. The predicted octanol–water partition coefficient (Wildman–Crippen LogP) is 3.80. The Balaban J connectivity index is 1.54. The van der Waals surface area contributed by atoms with Crippen LogP contribution >= 0.6 is 11.8 Å². The van der Waals surface area contributed by atoms with E-state index in [2.05, 4.69) is 10.2 Å². The zero-order valence-corrected chi connectivity index (χ0v) is 15.0. The Kier molecular flexibility index (Phi) is 5.50. The third-order valence-electron chi connectivity index (χ3n) is 3.71. The van der Waals surface area contributed by atoms with Crippen molar-refractivity contribution < 1.29 is 9.21 Å². The van der Waals surface area contributed by atoms with Crippen molar-refractivity contribution in [2.45, 2.75) is 18.7 Å². The van der Waals surface area contributed by atoms with Crippen LogP contribution in [0.25, 0.3) is 11.5 Å². The van der Waals surface area contributed by atoms with E-state index >= 15 is 0 Å². The molecule has 0 radical (unpaired) electrons. The minimum absolute atomic E-state index is 0.0175. The van der Waals surface area contributed by atoms with Crippen molar-refractivity contribution in [3.63, 3.8) is 0 Å². The highest BCUT2D eigenvalue weighted by molar-refractivity contribution is 7.99. The molecule has 3 rings (SSSR count). The van der Waals surface area contributed by atoms with Crippen LogP contribution in [0.3, 0.4) is 0 Å². The molecule has 3 aromatic rings. The predicted molar refractivity (Wildman–Crippen MR) is 98.1 cm³/mol. The van der Waals surface area contributed by atoms with Gasteiger partial charge in [0.25, 0.3) is 5.22 Å². The van der Waals surface area contributed by atoms with Gasteiger partial charge in [-0.2, -0.15) is 0 Å². The van der Waals surface area contributed by atoms with Crippen LogP contribution in [0.5, 0.6) is 0 Å². The molecule has 0 unspecified atom stereocenters. The fourth-order valence-corrected chi connectivity index (χ4v) is 2.96. The first-order chi connectivity index (χ1) is 12.1. The van der Waals surface area contributed by atoms with Crippen molar-refractivity contribution in [2.24, 2.45) is 0 Å². The molecule has 0 bridgehead atoms. The zero-order chi connectivity index (χ0) is 17.6. The first-order valence-electron chi connectivity index (χ1n) is 7.93. The van der Waals surface area contributed by atoms with Gasteiger partial charge in [-0.25, -0.2) is 0 Å². The lowest BCUT2D eigenvalue weighted by molar-refractivity contribution is -0.127. The molecule has 2 aromatic carbocycles. The average Bonchev–Trinajstić information content (AvgIpc) is 3.10. The maximum atomic E-state index is 12.3. The third-order valence-corrected chi connectivity index (χ3v) is 4.52. The van der Waals surface area contributed by atoms with Crippen molar-refractivity contribution >= 4 is 17.7 Å². The van der Waals surface area contributed by atoms with Gasteiger partial charge in [-0.3, -0.25) is 4.79 Å². The second kappa shape index (κ2) is 7.98. The van der Waals surface area contributed by atoms with E-state index in [-0.39, 0.29) is 11.7 Å². The zero-order valence-electron chi connectivity index (χ0n) is 14.2. The number of amides is 1. The van der Waals surface area contributed by atoms with Gasteiger partial charge < -0.3 is 9.32 Å². The molecule has 1 aromatic heterocycles. The summed E-state index contributed by atoms with van der Waals surface area (Å²) < 4.78 is 5.63. The van der Waals surface area contributed by atoms with Gasteiger partial charge in [-0.15, -0.1) is 10.2 Å². The highest BCUT2D eigenvalue weighted by atomic mass is 32.2. The number of aryl methyl sites for hydroxylation is 1. The standard InChI is InChI=1S/C19H19N3O2S/c1-14-8-10-16(11-9-14)18-20-21-19(24-18)25-13-17(23)22(2)12-15-6-4-3-5-7-15/h3-11H,12-13H2,1-2H3. The minimum Gasteiger partial charge on any atom is -0.411 e. The van der Waals surface area contributed by atoms with Crippen LogP contribution in [-0.2, 0) is 11.3 Å². The maximum Gasteiger partial charge on any atom is 0.277 e. The van der Waals surface area contributed by atoms with Crippen molar-refractivity contribution in [1.82, 2.24) is 15.1 Å². The molecule has 0 atom stereocenters. The van der Waals surface area contributed by atoms with Gasteiger partial charge in [0.2, 0.25) is 11.8 Å². The van der Waals surface area contributed by atoms with Crippen molar-refractivity contribution in [2.75, 3.05) is 12.8 Å². The van der Waals surface area contributed by atoms with Crippen LogP contribution < -0.4 is 0 Å². The molecule has 0 saturated carbocycles. The fourth-order valence-electron chi connectivity index (χ4n) is 2.26. The highest BCUT2D eigenvalue weighted by Crippen LogP contribution is 2.23. The normalized spacial score (nSPS) is 10.6. The van der Waals surface area contributed by atoms with E-state index in [0.29, 0.717) is 17.7 Å². The maximum absolute atomic E-state index is 12.3. The molecule has 0 aliphatic carbocycles. The summed E-state index contributed by atoms with van der Waals surface area (Å²) in [6.07, 6.45) is 0. The molecule has 0 N–H and O–H groups in total. The van der Waals surface area contributed by atoms with Gasteiger partial charge in [0.15, 0.2) is 0 Å². The highest BCUT2D eigenvalue weighted by Gasteiger charge is 2.14. The number of nitrogens with zero attached hydrogens (tertiary/aromatic N) is 3. The van der Waals surface area contributed by atoms with E-state index < -0.39 is 0 Å². The molecule has 0 aliphatic rings. The monoisotopic (exact) mass is 353 g/mol. The Morgan fingerprint density at radius 1 is 1.08 bits per heavy atom. The summed E-state index contributed by atoms with van der Waals surface area (Å²) >= 11 is 1.25. The van der Waals surface area contributed by atoms with Crippen molar-refractivity contribution in [3.8, 4) is 11.5 Å². The van der Waals surface area contributed by atoms with Crippen LogP contribution in [0.4, 0.5) is 0 Å². The minimum atomic E-state index is 0.0175. The molecule has 25 heavy (non-hydrogen) atoms. The van der Waals surface area contributed by atoms with Gasteiger partial charge >= 0.3 is 0 Å². The lowest BCUT2D eigenvalue weighted by Gasteiger charge is -2.16. The number of hydrogen-bond acceptors (Lipinski definition) is 5. The molecule has 1 heterocycles. The number of rotatable bonds is 6. The summed E-state index contributed by atoms with van der Waals surface area (Å²) in [6, 6.07) is 17.8. The Morgan fingerprint density at radius 3 is 2.52 bits per heavy atom. The topological polar surface area (TPSA) is 59.2 Å². The molecule has 0 fully saturated rings. The van der Waals surface area contributed by atoms with E-state index in [0.717, 1.165) is 11.1 Å². The second-order valence-electron chi connectivity index (χ2n) is 5.76. The van der Waals surface area contributed by atoms with Gasteiger partial charge in [0.1, 0.15) is 0 Å². The molecule has 0 aliphatic heterocycles. The molecule has 5 nitrogen and oxygen atoms in total. The summed E-state index contributed by atoms with van der Waals surface area (Å²) in [6.45, 7) is 2.61. The fraction of sp³-hybridized carbons (Fsp3) is 0.211. The summed E-state index contributed by atoms with van der Waals surface area (Å²) in [7, 11) is 1.79. The van der Waals surface area contributed by atoms with Crippen LogP contribution in [0.1, 0.15) is 11.1 Å². The number of aromatic nitrogens is 2. The molecular weight excluding hydrogens is 334 g/mol. The summed E-state index contributed by atoms with van der Waals surface area (Å²) in [5.41, 5.74) is 3.14. The molecule has 128 valence electrons. The lowest BCUT2D eigenvalue weighted by Crippen LogP contribution is -2.27. The average molecular weight is 353 g/mol. The summed E-state index contributed by atoms with van der Waals surface area (Å²) in [5, 5.41) is 8.45. The number of benzene rings is 2. The second-order valence-corrected chi connectivity index (χ2v) is 6.69. The van der Waals surface area contributed by atoms with Gasteiger partial charge in [-0.05, 0) is 24.6 Å². The van der Waals surface area contributed by atoms with Crippen LogP contribution in [0.2, 0.25) is 0 Å². The Labute approximate surface area is 151 Å². The number of hydrogen-bond donors (Lipinski definition) is 0. The Bertz CT molecular complexity index is 831. The Hall–Kier alpha value is -2.60. The quantitative estimate of drug-likeness (QED) is 0.631. The summed E-state index contributed by atoms with van der Waals surface area (Å²) in [5.74, 6) is 0.746. The van der Waals surface area contributed by atoms with Gasteiger partial charge in [-0.1, -0.05) is 59.8 Å².